The number of carboxylic acids is 1. The predicted molar refractivity (Wildman–Crippen MR) is 72.6 cm³/mol. The Morgan fingerprint density at radius 2 is 1.89 bits per heavy atom. The average molecular weight is 253 g/mol. The molecule has 104 valence electrons. The van der Waals surface area contributed by atoms with Crippen LogP contribution in [0.3, 0.4) is 0 Å². The zero-order valence-electron chi connectivity index (χ0n) is 11.8. The number of carboxylic acid groups (broad SMARTS) is 1. The number of piperidine rings is 1. The van der Waals surface area contributed by atoms with Crippen molar-refractivity contribution in [3.8, 4) is 0 Å². The summed E-state index contributed by atoms with van der Waals surface area (Å²) in [6.45, 7) is 6.69. The highest BCUT2D eigenvalue weighted by molar-refractivity contribution is 5.73. The van der Waals surface area contributed by atoms with Crippen molar-refractivity contribution in [1.29, 1.82) is 0 Å². The molecule has 2 fully saturated rings. The molecule has 0 spiro atoms. The Morgan fingerprint density at radius 1 is 1.22 bits per heavy atom. The standard InChI is InChI=1S/C15H27NO2/c1-15(2)8-6-12(7-9-15)11-16-10-4-3-5-13(16)14(17)18/h12-13H,3-11H2,1-2H3,(H,17,18). The quantitative estimate of drug-likeness (QED) is 0.840. The van der Waals surface area contributed by atoms with E-state index in [0.717, 1.165) is 31.8 Å². The van der Waals surface area contributed by atoms with E-state index in [1.807, 2.05) is 0 Å². The fourth-order valence-electron chi connectivity index (χ4n) is 3.46. The van der Waals surface area contributed by atoms with Gasteiger partial charge in [-0.1, -0.05) is 20.3 Å². The van der Waals surface area contributed by atoms with Gasteiger partial charge in [-0.3, -0.25) is 9.69 Å². The van der Waals surface area contributed by atoms with Crippen LogP contribution in [0.15, 0.2) is 0 Å². The summed E-state index contributed by atoms with van der Waals surface area (Å²) in [6, 6.07) is -0.214. The highest BCUT2D eigenvalue weighted by Crippen LogP contribution is 2.38. The van der Waals surface area contributed by atoms with E-state index in [9.17, 15) is 9.90 Å². The lowest BCUT2D eigenvalue weighted by molar-refractivity contribution is -0.145. The van der Waals surface area contributed by atoms with Gasteiger partial charge in [-0.15, -0.1) is 0 Å². The number of carbonyl (C=O) groups is 1. The van der Waals surface area contributed by atoms with Gasteiger partial charge in [0.1, 0.15) is 6.04 Å². The first-order chi connectivity index (χ1) is 8.48. The van der Waals surface area contributed by atoms with Crippen LogP contribution in [0.2, 0.25) is 0 Å². The first kappa shape index (κ1) is 13.9. The second kappa shape index (κ2) is 5.60. The van der Waals surface area contributed by atoms with E-state index < -0.39 is 5.97 Å². The second-order valence-corrected chi connectivity index (χ2v) is 6.95. The first-order valence-electron chi connectivity index (χ1n) is 7.45. The smallest absolute Gasteiger partial charge is 0.320 e. The largest absolute Gasteiger partial charge is 0.480 e. The van der Waals surface area contributed by atoms with Gasteiger partial charge >= 0.3 is 5.97 Å². The van der Waals surface area contributed by atoms with Gasteiger partial charge in [-0.05, 0) is 56.4 Å². The highest BCUT2D eigenvalue weighted by atomic mass is 16.4. The number of hydrogen-bond acceptors (Lipinski definition) is 2. The molecule has 3 heteroatoms. The van der Waals surface area contributed by atoms with Crippen LogP contribution in [-0.2, 0) is 4.79 Å². The predicted octanol–water partition coefficient (Wildman–Crippen LogP) is 3.14. The van der Waals surface area contributed by atoms with Crippen LogP contribution in [0.4, 0.5) is 0 Å². The molecular weight excluding hydrogens is 226 g/mol. The molecule has 1 aliphatic carbocycles. The third-order valence-electron chi connectivity index (χ3n) is 4.85. The second-order valence-electron chi connectivity index (χ2n) is 6.95. The van der Waals surface area contributed by atoms with Crippen LogP contribution in [0, 0.1) is 11.3 Å². The average Bonchev–Trinajstić information content (AvgIpc) is 2.32. The molecule has 1 atom stereocenters. The molecule has 0 amide bonds. The van der Waals surface area contributed by atoms with Crippen LogP contribution in [0.1, 0.15) is 58.8 Å². The topological polar surface area (TPSA) is 40.5 Å². The van der Waals surface area contributed by atoms with Crippen molar-refractivity contribution < 1.29 is 9.90 Å². The fraction of sp³-hybridized carbons (Fsp3) is 0.933. The van der Waals surface area contributed by atoms with E-state index in [-0.39, 0.29) is 6.04 Å². The Morgan fingerprint density at radius 3 is 2.50 bits per heavy atom. The molecule has 3 nitrogen and oxygen atoms in total. The van der Waals surface area contributed by atoms with E-state index in [1.54, 1.807) is 0 Å². The van der Waals surface area contributed by atoms with Gasteiger partial charge in [0.2, 0.25) is 0 Å². The number of likely N-dealkylation sites (tertiary alicyclic amines) is 1. The van der Waals surface area contributed by atoms with Gasteiger partial charge in [0, 0.05) is 6.54 Å². The van der Waals surface area contributed by atoms with Gasteiger partial charge in [-0.25, -0.2) is 0 Å². The van der Waals surface area contributed by atoms with Crippen LogP contribution < -0.4 is 0 Å². The number of hydrogen-bond donors (Lipinski definition) is 1. The van der Waals surface area contributed by atoms with Crippen molar-refractivity contribution >= 4 is 5.97 Å². The lowest BCUT2D eigenvalue weighted by Crippen LogP contribution is -2.47. The normalized spacial score (nSPS) is 30.2. The summed E-state index contributed by atoms with van der Waals surface area (Å²) in [5.74, 6) is 0.101. The molecular formula is C15H27NO2. The monoisotopic (exact) mass is 253 g/mol. The van der Waals surface area contributed by atoms with Crippen molar-refractivity contribution in [3.63, 3.8) is 0 Å². The summed E-state index contributed by atoms with van der Waals surface area (Å²) in [7, 11) is 0. The number of rotatable bonds is 3. The third-order valence-corrected chi connectivity index (χ3v) is 4.85. The lowest BCUT2D eigenvalue weighted by atomic mass is 9.73. The molecule has 2 rings (SSSR count). The van der Waals surface area contributed by atoms with Gasteiger partial charge in [0.15, 0.2) is 0 Å². The Balaban J connectivity index is 1.86. The molecule has 1 N–H and O–H groups in total. The molecule has 1 saturated heterocycles. The molecule has 0 aromatic carbocycles. The van der Waals surface area contributed by atoms with Crippen LogP contribution in [-0.4, -0.2) is 35.1 Å². The number of nitrogens with zero attached hydrogens (tertiary/aromatic N) is 1. The molecule has 1 unspecified atom stereocenters. The minimum atomic E-state index is -0.620. The van der Waals surface area contributed by atoms with E-state index in [4.69, 9.17) is 0 Å². The van der Waals surface area contributed by atoms with E-state index in [2.05, 4.69) is 18.7 Å². The summed E-state index contributed by atoms with van der Waals surface area (Å²) >= 11 is 0. The van der Waals surface area contributed by atoms with Gasteiger partial charge in [0.05, 0.1) is 0 Å². The van der Waals surface area contributed by atoms with Gasteiger partial charge in [-0.2, -0.15) is 0 Å². The van der Waals surface area contributed by atoms with Crippen molar-refractivity contribution in [3.05, 3.63) is 0 Å². The van der Waals surface area contributed by atoms with E-state index >= 15 is 0 Å². The molecule has 1 saturated carbocycles. The van der Waals surface area contributed by atoms with Crippen molar-refractivity contribution in [2.24, 2.45) is 11.3 Å². The lowest BCUT2D eigenvalue weighted by Gasteiger charge is -2.39. The van der Waals surface area contributed by atoms with Crippen LogP contribution >= 0.6 is 0 Å². The Labute approximate surface area is 111 Å². The Kier molecular flexibility index (Phi) is 4.31. The van der Waals surface area contributed by atoms with Crippen LogP contribution in [0.25, 0.3) is 0 Å². The molecule has 2 aliphatic rings. The maximum atomic E-state index is 11.3. The van der Waals surface area contributed by atoms with Crippen LogP contribution in [0.5, 0.6) is 0 Å². The summed E-state index contributed by atoms with van der Waals surface area (Å²) in [4.78, 5) is 13.5. The number of aliphatic carboxylic acids is 1. The van der Waals surface area contributed by atoms with E-state index in [1.165, 1.54) is 32.1 Å². The zero-order chi connectivity index (χ0) is 13.2. The Bertz CT molecular complexity index is 291. The first-order valence-corrected chi connectivity index (χ1v) is 7.45. The van der Waals surface area contributed by atoms with E-state index in [0.29, 0.717) is 5.41 Å². The maximum absolute atomic E-state index is 11.3. The zero-order valence-corrected chi connectivity index (χ0v) is 11.8. The van der Waals surface area contributed by atoms with Crippen molar-refractivity contribution in [2.75, 3.05) is 13.1 Å². The Hall–Kier alpha value is -0.570. The molecule has 0 aromatic rings. The molecule has 0 aromatic heterocycles. The minimum Gasteiger partial charge on any atom is -0.480 e. The summed E-state index contributed by atoms with van der Waals surface area (Å²) in [5.41, 5.74) is 0.505. The molecule has 1 heterocycles. The molecule has 18 heavy (non-hydrogen) atoms. The van der Waals surface area contributed by atoms with Crippen molar-refractivity contribution in [2.45, 2.75) is 64.8 Å². The van der Waals surface area contributed by atoms with Gasteiger partial charge in [0.25, 0.3) is 0 Å². The van der Waals surface area contributed by atoms with Gasteiger partial charge < -0.3 is 5.11 Å². The third kappa shape index (κ3) is 3.47. The molecule has 0 bridgehead atoms. The van der Waals surface area contributed by atoms with Crippen molar-refractivity contribution in [1.82, 2.24) is 4.90 Å². The maximum Gasteiger partial charge on any atom is 0.320 e. The SMILES string of the molecule is CC1(C)CCC(CN2CCCCC2C(=O)O)CC1. The molecule has 1 aliphatic heterocycles. The fourth-order valence-corrected chi connectivity index (χ4v) is 3.46. The summed E-state index contributed by atoms with van der Waals surface area (Å²) in [6.07, 6.45) is 8.22. The summed E-state index contributed by atoms with van der Waals surface area (Å²) in [5, 5.41) is 9.28. The molecule has 0 radical (unpaired) electrons. The summed E-state index contributed by atoms with van der Waals surface area (Å²) < 4.78 is 0. The minimum absolute atomic E-state index is 0.214. The highest BCUT2D eigenvalue weighted by Gasteiger charge is 2.32.